The van der Waals surface area contributed by atoms with Crippen LogP contribution in [0.3, 0.4) is 0 Å². The van der Waals surface area contributed by atoms with Gasteiger partial charge in [-0.05, 0) is 37.8 Å². The summed E-state index contributed by atoms with van der Waals surface area (Å²) in [6.07, 6.45) is 2.30. The Balaban J connectivity index is 2.06. The number of para-hydroxylation sites is 1. The average molecular weight is 284 g/mol. The first-order valence-corrected chi connectivity index (χ1v) is 7.96. The van der Waals surface area contributed by atoms with E-state index in [1.54, 1.807) is 0 Å². The Morgan fingerprint density at radius 1 is 1.24 bits per heavy atom. The second kappa shape index (κ2) is 5.88. The Morgan fingerprint density at radius 2 is 2.05 bits per heavy atom. The number of nitrogens with zero attached hydrogens (tertiary/aromatic N) is 3. The van der Waals surface area contributed by atoms with Gasteiger partial charge in [-0.3, -0.25) is 0 Å². The minimum absolute atomic E-state index is 0.539. The summed E-state index contributed by atoms with van der Waals surface area (Å²) in [5.41, 5.74) is 1.02. The molecular formula is C17H24N4. The molecule has 1 N–H and O–H groups in total. The van der Waals surface area contributed by atoms with Crippen LogP contribution in [0.1, 0.15) is 33.6 Å². The fraction of sp³-hybridized carbons (Fsp3) is 0.529. The van der Waals surface area contributed by atoms with E-state index in [0.29, 0.717) is 6.04 Å². The first-order chi connectivity index (χ1) is 10.2. The molecule has 0 bridgehead atoms. The molecule has 1 aliphatic heterocycles. The van der Waals surface area contributed by atoms with Gasteiger partial charge >= 0.3 is 0 Å². The number of hydrogen-bond acceptors (Lipinski definition) is 4. The van der Waals surface area contributed by atoms with Gasteiger partial charge in [0.05, 0.1) is 5.52 Å². The Labute approximate surface area is 126 Å². The minimum atomic E-state index is 0.539. The summed E-state index contributed by atoms with van der Waals surface area (Å²) in [6, 6.07) is 8.85. The van der Waals surface area contributed by atoms with E-state index in [1.807, 2.05) is 6.07 Å². The summed E-state index contributed by atoms with van der Waals surface area (Å²) in [7, 11) is 0. The first kappa shape index (κ1) is 14.1. The predicted octanol–water partition coefficient (Wildman–Crippen LogP) is 3.69. The van der Waals surface area contributed by atoms with Crippen molar-refractivity contribution in [1.82, 2.24) is 9.97 Å². The smallest absolute Gasteiger partial charge is 0.225 e. The maximum atomic E-state index is 4.81. The molecule has 2 aromatic rings. The lowest BCUT2D eigenvalue weighted by Gasteiger charge is -2.24. The van der Waals surface area contributed by atoms with Crippen LogP contribution in [0.15, 0.2) is 24.3 Å². The van der Waals surface area contributed by atoms with Gasteiger partial charge < -0.3 is 10.2 Å². The molecule has 1 aromatic carbocycles. The molecular weight excluding hydrogens is 260 g/mol. The quantitative estimate of drug-likeness (QED) is 0.929. The Morgan fingerprint density at radius 3 is 2.76 bits per heavy atom. The van der Waals surface area contributed by atoms with E-state index >= 15 is 0 Å². The van der Waals surface area contributed by atoms with Crippen LogP contribution in [0.25, 0.3) is 10.9 Å². The van der Waals surface area contributed by atoms with E-state index < -0.39 is 0 Å². The van der Waals surface area contributed by atoms with Gasteiger partial charge in [-0.25, -0.2) is 4.98 Å². The number of hydrogen-bond donors (Lipinski definition) is 1. The third-order valence-electron chi connectivity index (χ3n) is 4.17. The highest BCUT2D eigenvalue weighted by Gasteiger charge is 2.28. The van der Waals surface area contributed by atoms with Gasteiger partial charge in [-0.15, -0.1) is 0 Å². The second-order valence-corrected chi connectivity index (χ2v) is 6.16. The topological polar surface area (TPSA) is 41.1 Å². The number of nitrogens with one attached hydrogen (secondary N) is 1. The highest BCUT2D eigenvalue weighted by Crippen LogP contribution is 2.32. The average Bonchev–Trinajstić information content (AvgIpc) is 2.82. The normalized spacial score (nSPS) is 22.0. The molecule has 1 saturated heterocycles. The van der Waals surface area contributed by atoms with Gasteiger partial charge in [0.2, 0.25) is 5.95 Å². The van der Waals surface area contributed by atoms with Crippen LogP contribution < -0.4 is 10.2 Å². The molecule has 0 spiro atoms. The lowest BCUT2D eigenvalue weighted by atomic mass is 10.1. The molecule has 2 unspecified atom stereocenters. The van der Waals surface area contributed by atoms with Crippen molar-refractivity contribution in [2.45, 2.75) is 39.7 Å². The van der Waals surface area contributed by atoms with Crippen molar-refractivity contribution in [2.75, 3.05) is 23.3 Å². The molecule has 21 heavy (non-hydrogen) atoms. The van der Waals surface area contributed by atoms with Crippen LogP contribution >= 0.6 is 0 Å². The maximum absolute atomic E-state index is 4.81. The number of aromatic nitrogens is 2. The lowest BCUT2D eigenvalue weighted by molar-refractivity contribution is 0.625. The summed E-state index contributed by atoms with van der Waals surface area (Å²) >= 11 is 0. The van der Waals surface area contributed by atoms with Crippen molar-refractivity contribution in [3.63, 3.8) is 0 Å². The molecule has 0 saturated carbocycles. The molecule has 4 heteroatoms. The fourth-order valence-electron chi connectivity index (χ4n) is 3.19. The van der Waals surface area contributed by atoms with E-state index in [1.165, 1.54) is 6.42 Å². The van der Waals surface area contributed by atoms with Gasteiger partial charge in [0.1, 0.15) is 5.82 Å². The number of rotatable bonds is 4. The van der Waals surface area contributed by atoms with Crippen molar-refractivity contribution < 1.29 is 0 Å². The zero-order chi connectivity index (χ0) is 14.8. The largest absolute Gasteiger partial charge is 0.354 e. The van der Waals surface area contributed by atoms with Crippen LogP contribution in [0.2, 0.25) is 0 Å². The third kappa shape index (κ3) is 2.80. The lowest BCUT2D eigenvalue weighted by Crippen LogP contribution is -2.28. The number of anilines is 2. The summed E-state index contributed by atoms with van der Waals surface area (Å²) in [4.78, 5) is 11.9. The third-order valence-corrected chi connectivity index (χ3v) is 4.17. The number of benzene rings is 1. The van der Waals surface area contributed by atoms with E-state index in [4.69, 9.17) is 4.98 Å². The van der Waals surface area contributed by atoms with Crippen LogP contribution in [-0.4, -0.2) is 29.1 Å². The molecule has 2 atom stereocenters. The van der Waals surface area contributed by atoms with Crippen molar-refractivity contribution in [2.24, 2.45) is 5.92 Å². The molecule has 0 aliphatic carbocycles. The highest BCUT2D eigenvalue weighted by atomic mass is 15.3. The fourth-order valence-corrected chi connectivity index (χ4v) is 3.19. The monoisotopic (exact) mass is 284 g/mol. The van der Waals surface area contributed by atoms with Crippen LogP contribution in [0.5, 0.6) is 0 Å². The van der Waals surface area contributed by atoms with E-state index in [-0.39, 0.29) is 0 Å². The van der Waals surface area contributed by atoms with Crippen LogP contribution in [0, 0.1) is 5.92 Å². The Hall–Kier alpha value is -1.84. The van der Waals surface area contributed by atoms with Crippen LogP contribution in [0.4, 0.5) is 11.8 Å². The number of fused-ring (bicyclic) bond motifs is 1. The summed E-state index contributed by atoms with van der Waals surface area (Å²) in [5.74, 6) is 2.55. The molecule has 3 rings (SSSR count). The molecule has 4 nitrogen and oxygen atoms in total. The van der Waals surface area contributed by atoms with Crippen LogP contribution in [-0.2, 0) is 0 Å². The van der Waals surface area contributed by atoms with Gasteiger partial charge in [-0.1, -0.05) is 26.0 Å². The minimum Gasteiger partial charge on any atom is -0.354 e. The predicted molar refractivity (Wildman–Crippen MR) is 88.9 cm³/mol. The van der Waals surface area contributed by atoms with E-state index in [9.17, 15) is 0 Å². The van der Waals surface area contributed by atoms with Gasteiger partial charge in [0.15, 0.2) is 0 Å². The summed E-state index contributed by atoms with van der Waals surface area (Å²) in [5, 5.41) is 4.48. The summed E-state index contributed by atoms with van der Waals surface area (Å²) in [6.45, 7) is 8.74. The van der Waals surface area contributed by atoms with Gasteiger partial charge in [0, 0.05) is 24.5 Å². The Bertz CT molecular complexity index is 625. The standard InChI is InChI=1S/C17H24N4/c1-4-9-18-17-19-15-8-6-5-7-14(15)16(20-17)21-11-12(2)10-13(21)3/h5-8,12-13H,4,9-11H2,1-3H3,(H,18,19,20). The van der Waals surface area contributed by atoms with Gasteiger partial charge in [-0.2, -0.15) is 4.98 Å². The molecule has 112 valence electrons. The maximum Gasteiger partial charge on any atom is 0.225 e. The van der Waals surface area contributed by atoms with Crippen molar-refractivity contribution in [3.8, 4) is 0 Å². The highest BCUT2D eigenvalue weighted by molar-refractivity contribution is 5.90. The first-order valence-electron chi connectivity index (χ1n) is 7.96. The van der Waals surface area contributed by atoms with Crippen molar-refractivity contribution >= 4 is 22.7 Å². The zero-order valence-corrected chi connectivity index (χ0v) is 13.1. The molecule has 1 fully saturated rings. The summed E-state index contributed by atoms with van der Waals surface area (Å²) < 4.78 is 0. The van der Waals surface area contributed by atoms with E-state index in [0.717, 1.165) is 48.1 Å². The Kier molecular flexibility index (Phi) is 3.95. The SMILES string of the molecule is CCCNc1nc(N2CC(C)CC2C)c2ccccc2n1. The molecule has 1 aromatic heterocycles. The van der Waals surface area contributed by atoms with E-state index in [2.05, 4.69) is 54.2 Å². The molecule has 0 radical (unpaired) electrons. The van der Waals surface area contributed by atoms with Crippen molar-refractivity contribution in [1.29, 1.82) is 0 Å². The zero-order valence-electron chi connectivity index (χ0n) is 13.1. The second-order valence-electron chi connectivity index (χ2n) is 6.16. The molecule has 0 amide bonds. The van der Waals surface area contributed by atoms with Crippen molar-refractivity contribution in [3.05, 3.63) is 24.3 Å². The molecule has 1 aliphatic rings. The van der Waals surface area contributed by atoms with Gasteiger partial charge in [0.25, 0.3) is 0 Å². The molecule has 2 heterocycles.